The molecule has 19 rings (SSSR count). The molecule has 7 aromatic heterocycles. The highest BCUT2D eigenvalue weighted by atomic mass is 14.8. The Hall–Kier alpha value is -16.4. The maximum Gasteiger partial charge on any atom is 0.116 e. The molecule has 2 N–H and O–H groups in total. The lowest BCUT2D eigenvalue weighted by Crippen LogP contribution is -1.99. The Balaban J connectivity index is 0.756. The molecule has 0 saturated heterocycles. The maximum absolute atomic E-state index is 5.78. The number of nitrogens with zero attached hydrogens (tertiary/aromatic N) is 7. The van der Waals surface area contributed by atoms with Crippen molar-refractivity contribution in [3.63, 3.8) is 0 Å². The molecule has 9 heteroatoms. The van der Waals surface area contributed by atoms with Crippen LogP contribution in [0.25, 0.3) is 147 Å². The third-order valence-corrected chi connectivity index (χ3v) is 24.6. The van der Waals surface area contributed by atoms with Gasteiger partial charge in [0.25, 0.3) is 0 Å². The number of hydrogen-bond acceptors (Lipinski definition) is 7. The van der Waals surface area contributed by atoms with Crippen molar-refractivity contribution in [2.24, 2.45) is 0 Å². The maximum atomic E-state index is 5.78. The first-order chi connectivity index (χ1) is 62.9. The molecule has 9 nitrogen and oxygen atoms in total. The first-order valence-corrected chi connectivity index (χ1v) is 44.0. The van der Waals surface area contributed by atoms with Crippen LogP contribution in [0.3, 0.4) is 0 Å². The molecule has 2 aliphatic rings. The van der Waals surface area contributed by atoms with Gasteiger partial charge in [-0.05, 0) is 334 Å². The van der Waals surface area contributed by atoms with Crippen molar-refractivity contribution in [3.05, 3.63) is 405 Å². The van der Waals surface area contributed by atoms with Crippen LogP contribution in [0.1, 0.15) is 167 Å². The van der Waals surface area contributed by atoms with Gasteiger partial charge in [-0.3, -0.25) is 4.98 Å². The molecule has 8 bridgehead atoms. The number of H-pyrrole nitrogens is 2. The van der Waals surface area contributed by atoms with E-state index in [0.29, 0.717) is 5.56 Å². The average molecular weight is 1670 g/mol. The number of aryl methyl sites for hydroxylation is 16. The van der Waals surface area contributed by atoms with E-state index in [1.165, 1.54) is 78.7 Å². The number of pyridine rings is 3. The van der Waals surface area contributed by atoms with E-state index < -0.39 is 0 Å². The van der Waals surface area contributed by atoms with Crippen molar-refractivity contribution in [2.75, 3.05) is 0 Å². The third kappa shape index (κ3) is 16.5. The zero-order valence-electron chi connectivity index (χ0n) is 76.0. The zero-order valence-corrected chi connectivity index (χ0v) is 76.0. The second-order valence-corrected chi connectivity index (χ2v) is 34.9. The summed E-state index contributed by atoms with van der Waals surface area (Å²) in [6.07, 6.45) is 13.8. The SMILES string of the molecule is Cc1cc(C)c(-c2ccc3ccc4cc(C#Cc5cc(C)cc(C#Cc6ccc(-c7c8nc(c(-c9c(C)cc(C)cc9C)c9ccc([nH]9)c(-c9c(C)cc(C)cc9C)c9nc(c(-c%10c(C)cc(C)cc%10C)c%10ccc7[nH]%10)C=C9)C=C8)cc6)c5C#Cc5ccc(C#Cc6ccccc6C#Cc6ccc(-c7ccncn7)nc6)cc5)c(-c5c(C)cc(C)cc5C)nc4c3n2)c(C)c1. The number of hydrogen-bond donors (Lipinski definition) is 2. The summed E-state index contributed by atoms with van der Waals surface area (Å²) < 4.78 is 0. The Kier molecular flexibility index (Phi) is 22.1. The molecule has 0 amide bonds. The van der Waals surface area contributed by atoms with E-state index in [4.69, 9.17) is 19.9 Å². The zero-order chi connectivity index (χ0) is 89.9. The van der Waals surface area contributed by atoms with Gasteiger partial charge < -0.3 is 9.97 Å². The van der Waals surface area contributed by atoms with E-state index in [9.17, 15) is 0 Å². The van der Waals surface area contributed by atoms with E-state index in [0.717, 1.165) is 212 Å². The summed E-state index contributed by atoms with van der Waals surface area (Å²) in [6, 6.07) is 76.8. The van der Waals surface area contributed by atoms with Gasteiger partial charge in [0.05, 0.1) is 67.7 Å². The van der Waals surface area contributed by atoms with Gasteiger partial charge in [-0.25, -0.2) is 29.9 Å². The molecule has 0 spiro atoms. The van der Waals surface area contributed by atoms with E-state index in [2.05, 4.69) is 371 Å². The number of benzene rings is 10. The van der Waals surface area contributed by atoms with Crippen LogP contribution in [-0.2, 0) is 0 Å². The second-order valence-electron chi connectivity index (χ2n) is 34.9. The van der Waals surface area contributed by atoms with Crippen molar-refractivity contribution in [1.82, 2.24) is 44.9 Å². The fourth-order valence-corrected chi connectivity index (χ4v) is 19.3. The normalized spacial score (nSPS) is 11.3. The lowest BCUT2D eigenvalue weighted by molar-refractivity contribution is 1.15. The first kappa shape index (κ1) is 83.2. The fraction of sp³-hybridized carbons (Fsp3) is 0.132. The first-order valence-electron chi connectivity index (χ1n) is 44.0. The summed E-state index contributed by atoms with van der Waals surface area (Å²) in [6.45, 7) is 34.9. The van der Waals surface area contributed by atoms with Crippen molar-refractivity contribution in [2.45, 2.75) is 111 Å². The smallest absolute Gasteiger partial charge is 0.116 e. The Labute approximate surface area is 760 Å². The molecular formula is C121H93N9. The molecule has 130 heavy (non-hydrogen) atoms. The quantitative estimate of drug-likeness (QED) is 0.120. The Bertz CT molecular complexity index is 8100. The molecule has 0 fully saturated rings. The minimum atomic E-state index is 0.698. The lowest BCUT2D eigenvalue weighted by atomic mass is 9.92. The van der Waals surface area contributed by atoms with Gasteiger partial charge in [-0.15, -0.1) is 0 Å². The molecule has 0 radical (unpaired) electrons. The van der Waals surface area contributed by atoms with Gasteiger partial charge in [0.2, 0.25) is 0 Å². The number of aromatic nitrogens is 9. The summed E-state index contributed by atoms with van der Waals surface area (Å²) in [7, 11) is 0. The Morgan fingerprint density at radius 1 is 0.246 bits per heavy atom. The van der Waals surface area contributed by atoms with Crippen molar-refractivity contribution in [3.8, 4) is 138 Å². The molecule has 9 heterocycles. The Morgan fingerprint density at radius 3 is 1.07 bits per heavy atom. The highest BCUT2D eigenvalue weighted by Gasteiger charge is 2.25. The number of fused-ring (bicyclic) bond motifs is 11. The van der Waals surface area contributed by atoms with Gasteiger partial charge in [-0.2, -0.15) is 0 Å². The lowest BCUT2D eigenvalue weighted by Gasteiger charge is -2.15. The Morgan fingerprint density at radius 2 is 0.608 bits per heavy atom. The molecule has 2 aliphatic heterocycles. The molecule has 17 aromatic rings. The predicted octanol–water partition coefficient (Wildman–Crippen LogP) is 27.5. The molecule has 0 atom stereocenters. The van der Waals surface area contributed by atoms with Crippen LogP contribution in [0.2, 0.25) is 0 Å². The largest absolute Gasteiger partial charge is 0.354 e. The third-order valence-electron chi connectivity index (χ3n) is 24.6. The predicted molar refractivity (Wildman–Crippen MR) is 539 cm³/mol. The summed E-state index contributed by atoms with van der Waals surface area (Å²) in [5.41, 5.74) is 49.1. The van der Waals surface area contributed by atoms with Gasteiger partial charge in [0, 0.05) is 123 Å². The van der Waals surface area contributed by atoms with E-state index in [1.807, 2.05) is 66.7 Å². The minimum absolute atomic E-state index is 0.698. The molecule has 0 aliphatic carbocycles. The van der Waals surface area contributed by atoms with Gasteiger partial charge in [0.15, 0.2) is 0 Å². The van der Waals surface area contributed by atoms with E-state index in [-0.39, 0.29) is 0 Å². The van der Waals surface area contributed by atoms with Gasteiger partial charge in [-0.1, -0.05) is 190 Å². The van der Waals surface area contributed by atoms with Crippen LogP contribution >= 0.6 is 0 Å². The van der Waals surface area contributed by atoms with Crippen LogP contribution in [0.5, 0.6) is 0 Å². The fourth-order valence-electron chi connectivity index (χ4n) is 19.3. The van der Waals surface area contributed by atoms with Gasteiger partial charge >= 0.3 is 0 Å². The summed E-state index contributed by atoms with van der Waals surface area (Å²) in [5, 5.41) is 1.95. The van der Waals surface area contributed by atoms with Crippen molar-refractivity contribution in [1.29, 1.82) is 0 Å². The van der Waals surface area contributed by atoms with E-state index >= 15 is 0 Å². The highest BCUT2D eigenvalue weighted by Crippen LogP contribution is 2.44. The molecule has 0 saturated carbocycles. The second kappa shape index (κ2) is 34.5. The van der Waals surface area contributed by atoms with Crippen LogP contribution in [-0.4, -0.2) is 44.9 Å². The summed E-state index contributed by atoms with van der Waals surface area (Å²) in [5.74, 6) is 35.5. The number of aromatic amines is 2. The van der Waals surface area contributed by atoms with Crippen LogP contribution in [0, 0.1) is 170 Å². The number of rotatable bonds is 7. The van der Waals surface area contributed by atoms with Crippen LogP contribution in [0.15, 0.2) is 237 Å². The highest BCUT2D eigenvalue weighted by molar-refractivity contribution is 6.06. The van der Waals surface area contributed by atoms with Gasteiger partial charge in [0.1, 0.15) is 6.33 Å². The molecule has 622 valence electrons. The van der Waals surface area contributed by atoms with Crippen molar-refractivity contribution < 1.29 is 0 Å². The summed E-state index contributed by atoms with van der Waals surface area (Å²) in [4.78, 5) is 43.8. The number of nitrogens with one attached hydrogen (secondary N) is 2. The monoisotopic (exact) mass is 1670 g/mol. The molecular weight excluding hydrogens is 1580 g/mol. The average Bonchev–Trinajstić information content (AvgIpc) is 0.905. The van der Waals surface area contributed by atoms with Crippen LogP contribution in [0.4, 0.5) is 0 Å². The van der Waals surface area contributed by atoms with Crippen molar-refractivity contribution >= 4 is 68.2 Å². The topological polar surface area (TPSA) is 122 Å². The summed E-state index contributed by atoms with van der Waals surface area (Å²) >= 11 is 0. The van der Waals surface area contributed by atoms with Crippen LogP contribution < -0.4 is 0 Å². The molecule has 0 unspecified atom stereocenters. The molecule has 10 aromatic carbocycles. The standard InChI is InChI=1S/C121H93N9/c1-70-55-76(7)110(77(8)56-70)101-44-41-93-37-39-97-67-96(119(130-121(97)120(93)129-101)114-84(15)63-74(5)64-85(114)16)40-38-95-66-75(6)65-94(98(95)42-30-87-23-21-86(22-24-87)25-32-90-19-17-18-20-91(90)33-29-89-31-43-99(123-68-89)100-53-54-122-69-124-100)36-28-88-26-34-92(35-27-88)115-102-45-47-104(125-102)116(111-78(9)57-71(2)58-79(111)10)106-49-51-108(127-106)118(113-82(13)61-73(4)62-83(113)14)109-52-50-107(128-109)117(105-48-46-103(115)126-105)112-80(11)59-72(3)60-81(112)12/h17-24,26-27,31,34-35,37,39,41,43-69,125,128H,1-16H3. The minimum Gasteiger partial charge on any atom is -0.354 e. The van der Waals surface area contributed by atoms with E-state index in [1.54, 1.807) is 12.4 Å².